The predicted octanol–water partition coefficient (Wildman–Crippen LogP) is 10.0. The monoisotopic (exact) mass is 826 g/mol. The maximum absolute atomic E-state index is 14.9. The van der Waals surface area contributed by atoms with Gasteiger partial charge in [0.2, 0.25) is 0 Å². The summed E-state index contributed by atoms with van der Waals surface area (Å²) in [5.74, 6) is 0.104. The summed E-state index contributed by atoms with van der Waals surface area (Å²) in [5.41, 5.74) is 2.51. The Kier molecular flexibility index (Phi) is 13.0. The number of allylic oxidation sites excluding steroid dienone is 1. The number of likely N-dealkylation sites (N-methyl/N-ethyl adjacent to an activating group) is 1. The smallest absolute Gasteiger partial charge is 0.262 e. The SMILES string of the molecule is CN[C@@H](CCN(C(=O)C1=C(C(C)C)N2C(=NC(C)(c3ccc(Cl)cc3)C2c2ccc(Cl)cc2)S1)C(C)C)CO[Si](c1ccccc1)(c1ccccc1)C(C)(C)C. The number of carbonyl (C=O) groups is 1. The van der Waals surface area contributed by atoms with E-state index >= 15 is 0 Å². The number of amides is 1. The van der Waals surface area contributed by atoms with Crippen molar-refractivity contribution >= 4 is 64.7 Å². The molecule has 56 heavy (non-hydrogen) atoms. The summed E-state index contributed by atoms with van der Waals surface area (Å²) in [5, 5.41) is 8.12. The highest BCUT2D eigenvalue weighted by molar-refractivity contribution is 8.18. The molecule has 10 heteroatoms. The van der Waals surface area contributed by atoms with E-state index in [2.05, 4.69) is 151 Å². The summed E-state index contributed by atoms with van der Waals surface area (Å²) < 4.78 is 7.32. The molecule has 0 radical (unpaired) electrons. The Morgan fingerprint density at radius 3 is 1.91 bits per heavy atom. The average Bonchev–Trinajstić information content (AvgIpc) is 3.67. The third-order valence-electron chi connectivity index (χ3n) is 11.3. The van der Waals surface area contributed by atoms with E-state index in [1.165, 1.54) is 22.1 Å². The molecule has 2 unspecified atom stereocenters. The van der Waals surface area contributed by atoms with Crippen molar-refractivity contribution in [1.29, 1.82) is 0 Å². The lowest BCUT2D eigenvalue weighted by Crippen LogP contribution is -2.67. The van der Waals surface area contributed by atoms with Crippen molar-refractivity contribution < 1.29 is 9.22 Å². The molecule has 0 spiro atoms. The number of halogens is 2. The van der Waals surface area contributed by atoms with Gasteiger partial charge in [-0.25, -0.2) is 4.99 Å². The van der Waals surface area contributed by atoms with Crippen LogP contribution >= 0.6 is 35.0 Å². The largest absolute Gasteiger partial charge is 0.406 e. The fourth-order valence-electron chi connectivity index (χ4n) is 8.38. The van der Waals surface area contributed by atoms with Crippen LogP contribution in [0.4, 0.5) is 0 Å². The van der Waals surface area contributed by atoms with Crippen LogP contribution in [0.3, 0.4) is 0 Å². The molecule has 2 aliphatic heterocycles. The molecule has 6 nitrogen and oxygen atoms in total. The number of benzene rings is 4. The first-order valence-corrected chi connectivity index (χ1v) is 23.2. The van der Waals surface area contributed by atoms with Gasteiger partial charge in [-0.2, -0.15) is 0 Å². The summed E-state index contributed by atoms with van der Waals surface area (Å²) in [6.07, 6.45) is 0.736. The molecule has 2 aliphatic rings. The van der Waals surface area contributed by atoms with Crippen LogP contribution in [0.15, 0.2) is 125 Å². The van der Waals surface area contributed by atoms with Crippen molar-refractivity contribution in [3.05, 3.63) is 141 Å². The van der Waals surface area contributed by atoms with Crippen LogP contribution in [-0.4, -0.2) is 61.5 Å². The van der Waals surface area contributed by atoms with Crippen molar-refractivity contribution in [2.75, 3.05) is 20.2 Å². The maximum Gasteiger partial charge on any atom is 0.262 e. The van der Waals surface area contributed by atoms with Gasteiger partial charge in [0.15, 0.2) is 5.17 Å². The minimum atomic E-state index is -2.73. The Morgan fingerprint density at radius 1 is 0.893 bits per heavy atom. The van der Waals surface area contributed by atoms with Crippen LogP contribution in [0.1, 0.15) is 79.0 Å². The van der Waals surface area contributed by atoms with Crippen LogP contribution in [0, 0.1) is 5.92 Å². The van der Waals surface area contributed by atoms with Gasteiger partial charge < -0.3 is 19.5 Å². The number of hydrogen-bond acceptors (Lipinski definition) is 6. The molecule has 0 aliphatic carbocycles. The van der Waals surface area contributed by atoms with E-state index in [0.29, 0.717) is 23.2 Å². The molecule has 0 bridgehead atoms. The number of nitrogens with zero attached hydrogens (tertiary/aromatic N) is 3. The van der Waals surface area contributed by atoms with E-state index in [-0.39, 0.29) is 35.0 Å². The molecule has 0 aromatic heterocycles. The van der Waals surface area contributed by atoms with E-state index < -0.39 is 13.9 Å². The number of thioether (sulfide) groups is 1. The molecule has 1 N–H and O–H groups in total. The molecule has 3 atom stereocenters. The van der Waals surface area contributed by atoms with Crippen molar-refractivity contribution in [1.82, 2.24) is 15.1 Å². The van der Waals surface area contributed by atoms with Gasteiger partial charge in [-0.1, -0.05) is 143 Å². The third-order valence-corrected chi connectivity index (χ3v) is 17.9. The quantitative estimate of drug-likeness (QED) is 0.128. The summed E-state index contributed by atoms with van der Waals surface area (Å²) in [6, 6.07) is 37.3. The number of carbonyl (C=O) groups excluding carboxylic acids is 1. The van der Waals surface area contributed by atoms with E-state index in [0.717, 1.165) is 33.3 Å². The molecule has 0 fully saturated rings. The molecule has 0 saturated carbocycles. The number of amidine groups is 1. The summed E-state index contributed by atoms with van der Waals surface area (Å²) >= 11 is 14.2. The van der Waals surface area contributed by atoms with Crippen LogP contribution in [0.2, 0.25) is 15.1 Å². The Labute approximate surface area is 349 Å². The zero-order valence-corrected chi connectivity index (χ0v) is 37.5. The second kappa shape index (κ2) is 17.2. The lowest BCUT2D eigenvalue weighted by atomic mass is 9.81. The zero-order chi connectivity index (χ0) is 40.4. The molecular weight excluding hydrogens is 772 g/mol. The number of aliphatic imine (C=N–C) groups is 1. The van der Waals surface area contributed by atoms with Crippen molar-refractivity contribution in [2.24, 2.45) is 10.9 Å². The Balaban J connectivity index is 1.29. The normalized spacial score (nSPS) is 19.1. The van der Waals surface area contributed by atoms with E-state index in [1.807, 2.05) is 36.2 Å². The van der Waals surface area contributed by atoms with Gasteiger partial charge in [0.05, 0.1) is 12.6 Å². The zero-order valence-electron chi connectivity index (χ0n) is 34.1. The van der Waals surface area contributed by atoms with Crippen LogP contribution in [0.5, 0.6) is 0 Å². The van der Waals surface area contributed by atoms with Crippen molar-refractivity contribution in [3.8, 4) is 0 Å². The summed E-state index contributed by atoms with van der Waals surface area (Å²) in [4.78, 5) is 25.4. The van der Waals surface area contributed by atoms with Crippen molar-refractivity contribution in [3.63, 3.8) is 0 Å². The van der Waals surface area contributed by atoms with Gasteiger partial charge >= 0.3 is 0 Å². The Morgan fingerprint density at radius 2 is 1.43 bits per heavy atom. The van der Waals surface area contributed by atoms with Gasteiger partial charge in [0.25, 0.3) is 14.2 Å². The highest BCUT2D eigenvalue weighted by Crippen LogP contribution is 2.56. The molecule has 6 rings (SSSR count). The maximum atomic E-state index is 14.9. The molecule has 1 amide bonds. The van der Waals surface area contributed by atoms with E-state index in [9.17, 15) is 4.79 Å². The molecular formula is C46H56Cl2N4O2SSi. The highest BCUT2D eigenvalue weighted by atomic mass is 35.5. The lowest BCUT2D eigenvalue weighted by Gasteiger charge is -2.43. The summed E-state index contributed by atoms with van der Waals surface area (Å²) in [6.45, 7) is 18.7. The second-order valence-electron chi connectivity index (χ2n) is 16.7. The minimum Gasteiger partial charge on any atom is -0.406 e. The third kappa shape index (κ3) is 8.16. The predicted molar refractivity (Wildman–Crippen MR) is 240 cm³/mol. The molecule has 2 heterocycles. The molecule has 296 valence electrons. The fourth-order valence-corrected chi connectivity index (χ4v) is 14.6. The van der Waals surface area contributed by atoms with Crippen molar-refractivity contribution in [2.45, 2.75) is 90.5 Å². The molecule has 0 saturated heterocycles. The van der Waals surface area contributed by atoms with Crippen LogP contribution < -0.4 is 15.7 Å². The number of rotatable bonds is 14. The molecule has 4 aromatic rings. The number of nitrogens with one attached hydrogen (secondary N) is 1. The van der Waals surface area contributed by atoms with Gasteiger partial charge in [-0.3, -0.25) is 4.79 Å². The second-order valence-corrected chi connectivity index (χ2v) is 22.8. The number of hydrogen-bond donors (Lipinski definition) is 1. The summed E-state index contributed by atoms with van der Waals surface area (Å²) in [7, 11) is -0.731. The number of fused-ring (bicyclic) bond motifs is 1. The topological polar surface area (TPSA) is 57.2 Å². The van der Waals surface area contributed by atoms with Gasteiger partial charge in [0.1, 0.15) is 10.4 Å². The standard InChI is InChI=1S/C46H56Cl2N4O2SSi/c1-31(2)40-41(55-44-50-46(8,34-22-26-36(48)27-23-34)42(52(40)44)33-20-24-35(47)25-21-33)43(53)51(32(3)4)29-28-37(49-9)30-54-56(45(5,6)7,38-16-12-10-13-17-38)39-18-14-11-15-19-39/h10-27,31-32,37,42,49H,28-30H2,1-9H3/t37-,42?,46?/m0/s1. The van der Waals surface area contributed by atoms with Gasteiger partial charge in [0, 0.05) is 34.4 Å². The highest BCUT2D eigenvalue weighted by Gasteiger charge is 2.54. The van der Waals surface area contributed by atoms with Crippen LogP contribution in [-0.2, 0) is 14.8 Å². The minimum absolute atomic E-state index is 0.0112. The lowest BCUT2D eigenvalue weighted by molar-refractivity contribution is -0.128. The van der Waals surface area contributed by atoms with Gasteiger partial charge in [-0.05, 0) is 103 Å². The first kappa shape index (κ1) is 42.2. The van der Waals surface area contributed by atoms with E-state index in [1.54, 1.807) is 0 Å². The first-order valence-electron chi connectivity index (χ1n) is 19.7. The first-order chi connectivity index (χ1) is 26.6. The van der Waals surface area contributed by atoms with Crippen LogP contribution in [0.25, 0.3) is 0 Å². The van der Waals surface area contributed by atoms with Gasteiger partial charge in [-0.15, -0.1) is 0 Å². The average molecular weight is 828 g/mol. The fraction of sp³-hybridized carbons (Fsp3) is 0.391. The van der Waals surface area contributed by atoms with E-state index in [4.69, 9.17) is 32.6 Å². The Hall–Kier alpha value is -3.37. The molecule has 4 aromatic carbocycles. The Bertz CT molecular complexity index is 2000.